The van der Waals surface area contributed by atoms with Crippen LogP contribution in [-0.2, 0) is 0 Å². The molecular formula is C16H20O2. The number of benzene rings is 2. The molecule has 2 aromatic rings. The highest BCUT2D eigenvalue weighted by molar-refractivity contribution is 5.46. The van der Waals surface area contributed by atoms with E-state index in [0.717, 1.165) is 11.1 Å². The van der Waals surface area contributed by atoms with Crippen molar-refractivity contribution in [2.75, 3.05) is 0 Å². The van der Waals surface area contributed by atoms with E-state index in [9.17, 15) is 5.11 Å². The maximum Gasteiger partial charge on any atom is 0.119 e. The first-order chi connectivity index (χ1) is 8.43. The van der Waals surface area contributed by atoms with Gasteiger partial charge < -0.3 is 10.2 Å². The molecule has 0 bridgehead atoms. The molecule has 0 aliphatic carbocycles. The first-order valence-electron chi connectivity index (χ1n) is 5.94. The lowest BCUT2D eigenvalue weighted by Crippen LogP contribution is -1.90. The zero-order chi connectivity index (χ0) is 13.7. The minimum Gasteiger partial charge on any atom is -0.508 e. The van der Waals surface area contributed by atoms with Crippen molar-refractivity contribution in [3.05, 3.63) is 58.7 Å². The molecule has 2 N–H and O–H groups in total. The standard InChI is InChI=1S/C10H14O.C6H6O/c1-6-5-10(11)9(4)8(3)7(6)2;7-6-4-2-1-3-5-6/h5,11H,1-4H3;1-5,7H. The zero-order valence-corrected chi connectivity index (χ0v) is 11.4. The highest BCUT2D eigenvalue weighted by Gasteiger charge is 2.04. The van der Waals surface area contributed by atoms with E-state index in [1.54, 1.807) is 24.3 Å². The van der Waals surface area contributed by atoms with Gasteiger partial charge in [0.25, 0.3) is 0 Å². The lowest BCUT2D eigenvalue weighted by molar-refractivity contribution is 0.470. The second-order valence-corrected chi connectivity index (χ2v) is 4.42. The minimum absolute atomic E-state index is 0.322. The van der Waals surface area contributed by atoms with E-state index < -0.39 is 0 Å². The molecule has 0 heterocycles. The average molecular weight is 244 g/mol. The van der Waals surface area contributed by atoms with Gasteiger partial charge in [-0.05, 0) is 68.1 Å². The number of phenolic OH excluding ortho intramolecular Hbond substituents is 2. The van der Waals surface area contributed by atoms with Crippen LogP contribution in [0.4, 0.5) is 0 Å². The SMILES string of the molecule is Cc1cc(O)c(C)c(C)c1C.Oc1ccccc1. The number of hydrogen-bond donors (Lipinski definition) is 2. The van der Waals surface area contributed by atoms with Gasteiger partial charge in [0, 0.05) is 0 Å². The predicted molar refractivity (Wildman–Crippen MR) is 75.2 cm³/mol. The smallest absolute Gasteiger partial charge is 0.119 e. The summed E-state index contributed by atoms with van der Waals surface area (Å²) in [5.74, 6) is 0.730. The van der Waals surface area contributed by atoms with Crippen LogP contribution in [0.5, 0.6) is 11.5 Å². The Hall–Kier alpha value is -1.96. The van der Waals surface area contributed by atoms with Gasteiger partial charge >= 0.3 is 0 Å². The van der Waals surface area contributed by atoms with Gasteiger partial charge in [0.05, 0.1) is 0 Å². The van der Waals surface area contributed by atoms with E-state index in [2.05, 4.69) is 6.92 Å². The van der Waals surface area contributed by atoms with Crippen molar-refractivity contribution in [2.45, 2.75) is 27.7 Å². The molecule has 0 aliphatic rings. The van der Waals surface area contributed by atoms with Gasteiger partial charge in [0.1, 0.15) is 11.5 Å². The van der Waals surface area contributed by atoms with Crippen LogP contribution < -0.4 is 0 Å². The Bertz CT molecular complexity index is 490. The largest absolute Gasteiger partial charge is 0.508 e. The first-order valence-corrected chi connectivity index (χ1v) is 5.94. The Morgan fingerprint density at radius 3 is 1.72 bits per heavy atom. The number of phenols is 2. The normalized spacial score (nSPS) is 9.56. The molecule has 2 rings (SSSR count). The fourth-order valence-corrected chi connectivity index (χ4v) is 1.62. The van der Waals surface area contributed by atoms with Crippen LogP contribution in [0.2, 0.25) is 0 Å². The number of hydrogen-bond acceptors (Lipinski definition) is 2. The summed E-state index contributed by atoms with van der Waals surface area (Å²) < 4.78 is 0. The van der Waals surface area contributed by atoms with Crippen LogP contribution in [0.1, 0.15) is 22.3 Å². The molecule has 2 aromatic carbocycles. The quantitative estimate of drug-likeness (QED) is 0.735. The van der Waals surface area contributed by atoms with E-state index in [4.69, 9.17) is 5.11 Å². The van der Waals surface area contributed by atoms with Crippen LogP contribution in [0.15, 0.2) is 36.4 Å². The summed E-state index contributed by atoms with van der Waals surface area (Å²) >= 11 is 0. The Kier molecular flexibility index (Phi) is 4.78. The van der Waals surface area contributed by atoms with Crippen LogP contribution in [0, 0.1) is 27.7 Å². The van der Waals surface area contributed by atoms with Gasteiger partial charge in [-0.1, -0.05) is 18.2 Å². The molecule has 2 heteroatoms. The topological polar surface area (TPSA) is 40.5 Å². The predicted octanol–water partition coefficient (Wildman–Crippen LogP) is 4.02. The molecular weight excluding hydrogens is 224 g/mol. The lowest BCUT2D eigenvalue weighted by atomic mass is 9.99. The Morgan fingerprint density at radius 1 is 0.722 bits per heavy atom. The van der Waals surface area contributed by atoms with Crippen molar-refractivity contribution < 1.29 is 10.2 Å². The van der Waals surface area contributed by atoms with Crippen molar-refractivity contribution in [3.63, 3.8) is 0 Å². The summed E-state index contributed by atoms with van der Waals surface area (Å²) in [6.07, 6.45) is 0. The number of rotatable bonds is 0. The third kappa shape index (κ3) is 3.52. The monoisotopic (exact) mass is 244 g/mol. The molecule has 0 atom stereocenters. The summed E-state index contributed by atoms with van der Waals surface area (Å²) in [5, 5.41) is 18.0. The molecule has 0 spiro atoms. The molecule has 0 fully saturated rings. The van der Waals surface area contributed by atoms with E-state index in [1.807, 2.05) is 32.9 Å². The molecule has 0 aliphatic heterocycles. The Labute approximate surface area is 109 Å². The number of aromatic hydroxyl groups is 2. The molecule has 18 heavy (non-hydrogen) atoms. The summed E-state index contributed by atoms with van der Waals surface area (Å²) in [4.78, 5) is 0. The number of aryl methyl sites for hydroxylation is 1. The van der Waals surface area contributed by atoms with Gasteiger partial charge in [-0.25, -0.2) is 0 Å². The van der Waals surface area contributed by atoms with Gasteiger partial charge in [-0.3, -0.25) is 0 Å². The fraction of sp³-hybridized carbons (Fsp3) is 0.250. The third-order valence-corrected chi connectivity index (χ3v) is 3.21. The van der Waals surface area contributed by atoms with Gasteiger partial charge in [-0.15, -0.1) is 0 Å². The third-order valence-electron chi connectivity index (χ3n) is 3.21. The second-order valence-electron chi connectivity index (χ2n) is 4.42. The van der Waals surface area contributed by atoms with Crippen LogP contribution in [0.25, 0.3) is 0 Å². The van der Waals surface area contributed by atoms with Crippen molar-refractivity contribution in [1.82, 2.24) is 0 Å². The summed E-state index contributed by atoms with van der Waals surface area (Å²) in [6, 6.07) is 10.5. The minimum atomic E-state index is 0.322. The highest BCUT2D eigenvalue weighted by atomic mass is 16.3. The molecule has 0 radical (unpaired) electrons. The molecule has 0 saturated carbocycles. The Balaban J connectivity index is 0.000000199. The second kappa shape index (κ2) is 6.10. The van der Waals surface area contributed by atoms with Gasteiger partial charge in [0.15, 0.2) is 0 Å². The van der Waals surface area contributed by atoms with Crippen LogP contribution in [-0.4, -0.2) is 10.2 Å². The first kappa shape index (κ1) is 14.1. The van der Waals surface area contributed by atoms with Crippen molar-refractivity contribution >= 4 is 0 Å². The van der Waals surface area contributed by atoms with E-state index >= 15 is 0 Å². The maximum atomic E-state index is 9.41. The lowest BCUT2D eigenvalue weighted by Gasteiger charge is -2.09. The maximum absolute atomic E-state index is 9.41. The van der Waals surface area contributed by atoms with E-state index in [-0.39, 0.29) is 0 Å². The Morgan fingerprint density at radius 2 is 1.28 bits per heavy atom. The summed E-state index contributed by atoms with van der Waals surface area (Å²) in [7, 11) is 0. The fourth-order valence-electron chi connectivity index (χ4n) is 1.62. The molecule has 96 valence electrons. The van der Waals surface area contributed by atoms with Crippen LogP contribution >= 0.6 is 0 Å². The van der Waals surface area contributed by atoms with Gasteiger partial charge in [0.2, 0.25) is 0 Å². The zero-order valence-electron chi connectivity index (χ0n) is 11.4. The van der Waals surface area contributed by atoms with Crippen molar-refractivity contribution in [1.29, 1.82) is 0 Å². The molecule has 2 nitrogen and oxygen atoms in total. The summed E-state index contributed by atoms with van der Waals surface area (Å²) in [5.41, 5.74) is 4.63. The number of para-hydroxylation sites is 1. The molecule has 0 unspecified atom stereocenters. The average Bonchev–Trinajstić information content (AvgIpc) is 2.36. The van der Waals surface area contributed by atoms with E-state index in [1.165, 1.54) is 11.1 Å². The highest BCUT2D eigenvalue weighted by Crippen LogP contribution is 2.25. The van der Waals surface area contributed by atoms with E-state index in [0.29, 0.717) is 11.5 Å². The van der Waals surface area contributed by atoms with Crippen molar-refractivity contribution in [3.8, 4) is 11.5 Å². The summed E-state index contributed by atoms with van der Waals surface area (Å²) in [6.45, 7) is 8.08. The van der Waals surface area contributed by atoms with Crippen molar-refractivity contribution in [2.24, 2.45) is 0 Å². The molecule has 0 aromatic heterocycles. The molecule has 0 amide bonds. The van der Waals surface area contributed by atoms with Crippen LogP contribution in [0.3, 0.4) is 0 Å². The van der Waals surface area contributed by atoms with Gasteiger partial charge in [-0.2, -0.15) is 0 Å². The molecule has 0 saturated heterocycles.